The number of hydrogen-bond acceptors (Lipinski definition) is 3. The number of hydrogen-bond donors (Lipinski definition) is 2. The molecule has 4 heteroatoms. The van der Waals surface area contributed by atoms with Crippen molar-refractivity contribution in [3.05, 3.63) is 95.1 Å². The Balaban J connectivity index is 1.67. The van der Waals surface area contributed by atoms with Crippen LogP contribution in [-0.4, -0.2) is 5.91 Å². The average Bonchev–Trinajstić information content (AvgIpc) is 2.66. The molecule has 0 fully saturated rings. The lowest BCUT2D eigenvalue weighted by molar-refractivity contribution is 0.0950. The summed E-state index contributed by atoms with van der Waals surface area (Å²) in [5.74, 6) is 0.644. The highest BCUT2D eigenvalue weighted by molar-refractivity contribution is 5.94. The van der Waals surface area contributed by atoms with Crippen molar-refractivity contribution in [2.45, 2.75) is 20.1 Å². The van der Waals surface area contributed by atoms with Gasteiger partial charge in [-0.25, -0.2) is 0 Å². The minimum Gasteiger partial charge on any atom is -0.489 e. The summed E-state index contributed by atoms with van der Waals surface area (Å²) in [6, 6.07) is 22.9. The number of amides is 1. The van der Waals surface area contributed by atoms with Gasteiger partial charge in [-0.3, -0.25) is 4.79 Å². The molecule has 26 heavy (non-hydrogen) atoms. The highest BCUT2D eigenvalue weighted by atomic mass is 16.5. The van der Waals surface area contributed by atoms with E-state index in [0.717, 1.165) is 22.4 Å². The predicted molar refractivity (Wildman–Crippen MR) is 104 cm³/mol. The highest BCUT2D eigenvalue weighted by Gasteiger charge is 2.09. The van der Waals surface area contributed by atoms with Gasteiger partial charge in [0, 0.05) is 23.4 Å². The lowest BCUT2D eigenvalue weighted by Gasteiger charge is -2.13. The van der Waals surface area contributed by atoms with E-state index in [0.29, 0.717) is 24.4 Å². The van der Waals surface area contributed by atoms with Crippen molar-refractivity contribution < 1.29 is 9.53 Å². The van der Waals surface area contributed by atoms with E-state index in [1.54, 1.807) is 24.3 Å². The molecule has 0 saturated carbocycles. The average molecular weight is 346 g/mol. The fourth-order valence-electron chi connectivity index (χ4n) is 2.59. The maximum absolute atomic E-state index is 12.3. The number of aryl methyl sites for hydroxylation is 1. The van der Waals surface area contributed by atoms with E-state index < -0.39 is 0 Å². The number of ether oxygens (including phenoxy) is 1. The molecule has 0 radical (unpaired) electrons. The second-order valence-electron chi connectivity index (χ2n) is 6.19. The Bertz CT molecular complexity index is 874. The summed E-state index contributed by atoms with van der Waals surface area (Å²) in [5.41, 5.74) is 10.0. The Kier molecular flexibility index (Phi) is 5.54. The first kappa shape index (κ1) is 17.5. The van der Waals surface area contributed by atoms with Gasteiger partial charge >= 0.3 is 0 Å². The minimum absolute atomic E-state index is 0.139. The van der Waals surface area contributed by atoms with Crippen LogP contribution in [0.3, 0.4) is 0 Å². The Morgan fingerprint density at radius 2 is 1.73 bits per heavy atom. The van der Waals surface area contributed by atoms with Gasteiger partial charge in [0.25, 0.3) is 5.91 Å². The van der Waals surface area contributed by atoms with Crippen molar-refractivity contribution in [2.24, 2.45) is 0 Å². The number of anilines is 1. The van der Waals surface area contributed by atoms with Gasteiger partial charge in [-0.2, -0.15) is 0 Å². The van der Waals surface area contributed by atoms with Gasteiger partial charge in [0.1, 0.15) is 12.4 Å². The summed E-state index contributed by atoms with van der Waals surface area (Å²) in [6.45, 7) is 2.91. The molecule has 0 heterocycles. The lowest BCUT2D eigenvalue weighted by Crippen LogP contribution is -2.23. The normalized spacial score (nSPS) is 10.3. The molecule has 0 saturated heterocycles. The monoisotopic (exact) mass is 346 g/mol. The van der Waals surface area contributed by atoms with Gasteiger partial charge in [-0.05, 0) is 48.4 Å². The molecule has 3 N–H and O–H groups in total. The molecular weight excluding hydrogens is 324 g/mol. The number of carbonyl (C=O) groups is 1. The first-order valence-electron chi connectivity index (χ1n) is 8.52. The molecular formula is C22H22N2O2. The fraction of sp³-hybridized carbons (Fsp3) is 0.136. The van der Waals surface area contributed by atoms with Crippen LogP contribution in [0.1, 0.15) is 27.0 Å². The van der Waals surface area contributed by atoms with Crippen molar-refractivity contribution in [2.75, 3.05) is 5.73 Å². The summed E-state index contributed by atoms with van der Waals surface area (Å²) in [5, 5.41) is 2.93. The summed E-state index contributed by atoms with van der Waals surface area (Å²) >= 11 is 0. The second-order valence-corrected chi connectivity index (χ2v) is 6.19. The van der Waals surface area contributed by atoms with Gasteiger partial charge in [0.05, 0.1) is 0 Å². The van der Waals surface area contributed by atoms with Crippen LogP contribution in [0.5, 0.6) is 5.75 Å². The number of nitrogens with two attached hydrogens (primary N) is 1. The summed E-state index contributed by atoms with van der Waals surface area (Å²) in [6.07, 6.45) is 0. The van der Waals surface area contributed by atoms with Crippen LogP contribution in [-0.2, 0) is 13.2 Å². The van der Waals surface area contributed by atoms with Crippen LogP contribution in [0.2, 0.25) is 0 Å². The predicted octanol–water partition coefficient (Wildman–Crippen LogP) is 4.09. The number of nitrogens with one attached hydrogen (secondary N) is 1. The maximum Gasteiger partial charge on any atom is 0.251 e. The Morgan fingerprint density at radius 3 is 2.46 bits per heavy atom. The van der Waals surface area contributed by atoms with Crippen molar-refractivity contribution in [3.8, 4) is 5.75 Å². The molecule has 0 aliphatic heterocycles. The fourth-order valence-corrected chi connectivity index (χ4v) is 2.59. The van der Waals surface area contributed by atoms with Crippen molar-refractivity contribution in [1.82, 2.24) is 5.32 Å². The molecule has 0 aromatic heterocycles. The Morgan fingerprint density at radius 1 is 1.00 bits per heavy atom. The van der Waals surface area contributed by atoms with Crippen molar-refractivity contribution in [1.29, 1.82) is 0 Å². The van der Waals surface area contributed by atoms with E-state index in [1.807, 2.05) is 55.5 Å². The van der Waals surface area contributed by atoms with Gasteiger partial charge in [0.15, 0.2) is 0 Å². The van der Waals surface area contributed by atoms with Crippen LogP contribution in [0.15, 0.2) is 72.8 Å². The second kappa shape index (κ2) is 8.21. The Hall–Kier alpha value is -3.27. The maximum atomic E-state index is 12.3. The third-order valence-electron chi connectivity index (χ3n) is 4.07. The zero-order chi connectivity index (χ0) is 18.4. The summed E-state index contributed by atoms with van der Waals surface area (Å²) in [4.78, 5) is 12.3. The number of carbonyl (C=O) groups excluding carboxylic acids is 1. The Labute approximate surface area is 153 Å². The number of rotatable bonds is 6. The lowest BCUT2D eigenvalue weighted by atomic mass is 10.1. The minimum atomic E-state index is -0.139. The quantitative estimate of drug-likeness (QED) is 0.661. The molecule has 0 bridgehead atoms. The van der Waals surface area contributed by atoms with E-state index in [2.05, 4.69) is 5.32 Å². The molecule has 0 atom stereocenters. The molecule has 1 amide bonds. The number of nitrogen functional groups attached to an aromatic ring is 1. The van der Waals surface area contributed by atoms with Crippen molar-refractivity contribution >= 4 is 11.6 Å². The highest BCUT2D eigenvalue weighted by Crippen LogP contribution is 2.22. The van der Waals surface area contributed by atoms with E-state index in [-0.39, 0.29) is 5.91 Å². The van der Waals surface area contributed by atoms with Crippen LogP contribution in [0, 0.1) is 6.92 Å². The van der Waals surface area contributed by atoms with Crippen LogP contribution in [0.4, 0.5) is 5.69 Å². The van der Waals surface area contributed by atoms with Crippen LogP contribution in [0.25, 0.3) is 0 Å². The van der Waals surface area contributed by atoms with E-state index in [1.165, 1.54) is 0 Å². The summed E-state index contributed by atoms with van der Waals surface area (Å²) in [7, 11) is 0. The molecule has 0 aliphatic carbocycles. The molecule has 0 unspecified atom stereocenters. The molecule has 0 aliphatic rings. The van der Waals surface area contributed by atoms with Crippen LogP contribution < -0.4 is 15.8 Å². The molecule has 4 nitrogen and oxygen atoms in total. The van der Waals surface area contributed by atoms with E-state index in [4.69, 9.17) is 10.5 Å². The smallest absolute Gasteiger partial charge is 0.251 e. The summed E-state index contributed by atoms with van der Waals surface area (Å²) < 4.78 is 5.99. The standard InChI is InChI=1S/C22H22N2O2/c1-16-7-8-19(14-24-22(25)18-9-11-20(23)12-10-18)21(13-16)26-15-17-5-3-2-4-6-17/h2-13H,14-15,23H2,1H3,(H,24,25). The first-order chi connectivity index (χ1) is 12.6. The van der Waals surface area contributed by atoms with Gasteiger partial charge in [-0.15, -0.1) is 0 Å². The van der Waals surface area contributed by atoms with Gasteiger partial charge in [-0.1, -0.05) is 42.5 Å². The third-order valence-corrected chi connectivity index (χ3v) is 4.07. The SMILES string of the molecule is Cc1ccc(CNC(=O)c2ccc(N)cc2)c(OCc2ccccc2)c1. The molecule has 3 aromatic carbocycles. The zero-order valence-electron chi connectivity index (χ0n) is 14.7. The van der Waals surface area contributed by atoms with Gasteiger partial charge in [0.2, 0.25) is 0 Å². The molecule has 0 spiro atoms. The van der Waals surface area contributed by atoms with Crippen molar-refractivity contribution in [3.63, 3.8) is 0 Å². The largest absolute Gasteiger partial charge is 0.489 e. The topological polar surface area (TPSA) is 64.4 Å². The first-order valence-corrected chi connectivity index (χ1v) is 8.52. The number of benzene rings is 3. The van der Waals surface area contributed by atoms with E-state index in [9.17, 15) is 4.79 Å². The molecule has 132 valence electrons. The molecule has 3 aromatic rings. The molecule has 3 rings (SSSR count). The third kappa shape index (κ3) is 4.63. The van der Waals surface area contributed by atoms with Crippen LogP contribution >= 0.6 is 0 Å². The van der Waals surface area contributed by atoms with Gasteiger partial charge < -0.3 is 15.8 Å². The van der Waals surface area contributed by atoms with E-state index >= 15 is 0 Å². The zero-order valence-corrected chi connectivity index (χ0v) is 14.7.